The molecule has 0 radical (unpaired) electrons. The maximum atomic E-state index is 11.1. The van der Waals surface area contributed by atoms with Crippen molar-refractivity contribution in [2.45, 2.75) is 40.5 Å². The number of carbonyl (C=O) groups is 1. The SMILES string of the molecule is CC(=O)[C@@H]1CC(C)(C)CC1C. The molecule has 64 valence electrons. The Hall–Kier alpha value is -0.330. The second-order valence-electron chi connectivity index (χ2n) is 4.77. The van der Waals surface area contributed by atoms with E-state index in [1.807, 2.05) is 0 Å². The first kappa shape index (κ1) is 8.76. The van der Waals surface area contributed by atoms with E-state index in [0.717, 1.165) is 6.42 Å². The molecule has 0 N–H and O–H groups in total. The van der Waals surface area contributed by atoms with Crippen LogP contribution in [0, 0.1) is 17.3 Å². The van der Waals surface area contributed by atoms with Crippen LogP contribution in [0.2, 0.25) is 0 Å². The molecule has 0 aromatic carbocycles. The molecular weight excluding hydrogens is 136 g/mol. The predicted octanol–water partition coefficient (Wildman–Crippen LogP) is 2.65. The fourth-order valence-electron chi connectivity index (χ4n) is 2.44. The summed E-state index contributed by atoms with van der Waals surface area (Å²) in [5.74, 6) is 1.32. The summed E-state index contributed by atoms with van der Waals surface area (Å²) in [6.45, 7) is 8.43. The summed E-state index contributed by atoms with van der Waals surface area (Å²) < 4.78 is 0. The van der Waals surface area contributed by atoms with Crippen LogP contribution in [0.5, 0.6) is 0 Å². The Morgan fingerprint density at radius 1 is 1.36 bits per heavy atom. The molecule has 0 aromatic rings. The van der Waals surface area contributed by atoms with Crippen LogP contribution in [0.3, 0.4) is 0 Å². The Bertz CT molecular complexity index is 170. The normalized spacial score (nSPS) is 35.6. The van der Waals surface area contributed by atoms with Crippen molar-refractivity contribution in [3.8, 4) is 0 Å². The zero-order chi connectivity index (χ0) is 8.65. The van der Waals surface area contributed by atoms with Gasteiger partial charge in [0.15, 0.2) is 0 Å². The zero-order valence-corrected chi connectivity index (χ0v) is 7.98. The number of hydrogen-bond donors (Lipinski definition) is 0. The molecule has 11 heavy (non-hydrogen) atoms. The number of hydrogen-bond acceptors (Lipinski definition) is 1. The summed E-state index contributed by atoms with van der Waals surface area (Å²) in [5.41, 5.74) is 0.399. The molecule has 1 aliphatic carbocycles. The summed E-state index contributed by atoms with van der Waals surface area (Å²) in [5, 5.41) is 0. The molecule has 1 nitrogen and oxygen atoms in total. The quantitative estimate of drug-likeness (QED) is 0.567. The highest BCUT2D eigenvalue weighted by molar-refractivity contribution is 5.78. The predicted molar refractivity (Wildman–Crippen MR) is 46.4 cm³/mol. The van der Waals surface area contributed by atoms with Gasteiger partial charge in [-0.05, 0) is 31.1 Å². The highest BCUT2D eigenvalue weighted by Gasteiger charge is 2.38. The largest absolute Gasteiger partial charge is 0.300 e. The van der Waals surface area contributed by atoms with Crippen LogP contribution in [0.25, 0.3) is 0 Å². The van der Waals surface area contributed by atoms with E-state index in [-0.39, 0.29) is 0 Å². The van der Waals surface area contributed by atoms with E-state index >= 15 is 0 Å². The number of Topliss-reactive ketones (excluding diaryl/α,β-unsaturated/α-hetero) is 1. The maximum absolute atomic E-state index is 11.1. The van der Waals surface area contributed by atoms with Crippen LogP contribution < -0.4 is 0 Å². The van der Waals surface area contributed by atoms with Crippen LogP contribution in [0.1, 0.15) is 40.5 Å². The van der Waals surface area contributed by atoms with Gasteiger partial charge in [0.2, 0.25) is 0 Å². The molecule has 1 unspecified atom stereocenters. The van der Waals surface area contributed by atoms with Gasteiger partial charge in [0, 0.05) is 5.92 Å². The van der Waals surface area contributed by atoms with Gasteiger partial charge in [0.1, 0.15) is 5.78 Å². The van der Waals surface area contributed by atoms with E-state index in [1.54, 1.807) is 6.92 Å². The monoisotopic (exact) mass is 154 g/mol. The average Bonchev–Trinajstić information content (AvgIpc) is 2.05. The second-order valence-corrected chi connectivity index (χ2v) is 4.77. The fourth-order valence-corrected chi connectivity index (χ4v) is 2.44. The summed E-state index contributed by atoms with van der Waals surface area (Å²) in [7, 11) is 0. The van der Waals surface area contributed by atoms with Gasteiger partial charge in [-0.25, -0.2) is 0 Å². The third kappa shape index (κ3) is 1.82. The van der Waals surface area contributed by atoms with Gasteiger partial charge in [0.25, 0.3) is 0 Å². The lowest BCUT2D eigenvalue weighted by Crippen LogP contribution is -2.13. The van der Waals surface area contributed by atoms with Crippen LogP contribution >= 0.6 is 0 Å². The van der Waals surface area contributed by atoms with E-state index in [0.29, 0.717) is 23.0 Å². The average molecular weight is 154 g/mol. The summed E-state index contributed by atoms with van der Waals surface area (Å²) in [4.78, 5) is 11.1. The Morgan fingerprint density at radius 3 is 2.09 bits per heavy atom. The molecule has 2 atom stereocenters. The first-order valence-electron chi connectivity index (χ1n) is 4.43. The fraction of sp³-hybridized carbons (Fsp3) is 0.900. The molecule has 1 heteroatoms. The molecule has 0 aromatic heterocycles. The molecule has 1 saturated carbocycles. The van der Waals surface area contributed by atoms with Gasteiger partial charge < -0.3 is 0 Å². The standard InChI is InChI=1S/C10H18O/c1-7-5-10(3,4)6-9(7)8(2)11/h7,9H,5-6H2,1-4H3/t7?,9-/m1/s1. The molecule has 0 bridgehead atoms. The van der Waals surface area contributed by atoms with Crippen LogP contribution in [-0.2, 0) is 4.79 Å². The smallest absolute Gasteiger partial charge is 0.133 e. The van der Waals surface area contributed by atoms with Gasteiger partial charge in [0.05, 0.1) is 0 Å². The molecule has 0 spiro atoms. The van der Waals surface area contributed by atoms with Gasteiger partial charge in [-0.15, -0.1) is 0 Å². The van der Waals surface area contributed by atoms with Crippen LogP contribution in [-0.4, -0.2) is 5.78 Å². The second kappa shape index (κ2) is 2.62. The van der Waals surface area contributed by atoms with E-state index < -0.39 is 0 Å². The molecule has 0 heterocycles. The van der Waals surface area contributed by atoms with Gasteiger partial charge >= 0.3 is 0 Å². The minimum absolute atomic E-state index is 0.338. The van der Waals surface area contributed by atoms with Gasteiger partial charge in [-0.1, -0.05) is 20.8 Å². The molecule has 1 fully saturated rings. The van der Waals surface area contributed by atoms with Gasteiger partial charge in [-0.2, -0.15) is 0 Å². The Kier molecular flexibility index (Phi) is 2.08. The van der Waals surface area contributed by atoms with Crippen molar-refractivity contribution in [1.29, 1.82) is 0 Å². The lowest BCUT2D eigenvalue weighted by Gasteiger charge is -2.15. The lowest BCUT2D eigenvalue weighted by molar-refractivity contribution is -0.121. The third-order valence-electron chi connectivity index (χ3n) is 2.86. The summed E-state index contributed by atoms with van der Waals surface area (Å²) in [6, 6.07) is 0. The van der Waals surface area contributed by atoms with Crippen molar-refractivity contribution < 1.29 is 4.79 Å². The maximum Gasteiger partial charge on any atom is 0.133 e. The number of ketones is 1. The molecule has 1 rings (SSSR count). The molecular formula is C10H18O. The van der Waals surface area contributed by atoms with Crippen molar-refractivity contribution in [3.05, 3.63) is 0 Å². The van der Waals surface area contributed by atoms with E-state index in [9.17, 15) is 4.79 Å². The number of carbonyl (C=O) groups excluding carboxylic acids is 1. The summed E-state index contributed by atoms with van der Waals surface area (Å²) >= 11 is 0. The lowest BCUT2D eigenvalue weighted by atomic mass is 9.90. The summed E-state index contributed by atoms with van der Waals surface area (Å²) in [6.07, 6.45) is 2.29. The Morgan fingerprint density at radius 2 is 1.91 bits per heavy atom. The molecule has 0 saturated heterocycles. The van der Waals surface area contributed by atoms with E-state index in [1.165, 1.54) is 6.42 Å². The number of rotatable bonds is 1. The van der Waals surface area contributed by atoms with Gasteiger partial charge in [-0.3, -0.25) is 4.79 Å². The zero-order valence-electron chi connectivity index (χ0n) is 7.98. The minimum atomic E-state index is 0.338. The Labute approximate surface area is 69.2 Å². The van der Waals surface area contributed by atoms with Crippen molar-refractivity contribution in [2.75, 3.05) is 0 Å². The van der Waals surface area contributed by atoms with E-state index in [2.05, 4.69) is 20.8 Å². The first-order valence-corrected chi connectivity index (χ1v) is 4.43. The third-order valence-corrected chi connectivity index (χ3v) is 2.86. The van der Waals surface area contributed by atoms with E-state index in [4.69, 9.17) is 0 Å². The van der Waals surface area contributed by atoms with Crippen molar-refractivity contribution in [2.24, 2.45) is 17.3 Å². The molecule has 1 aliphatic rings. The van der Waals surface area contributed by atoms with Crippen molar-refractivity contribution in [3.63, 3.8) is 0 Å². The minimum Gasteiger partial charge on any atom is -0.300 e. The molecule has 0 amide bonds. The first-order chi connectivity index (χ1) is 4.92. The molecule has 0 aliphatic heterocycles. The highest BCUT2D eigenvalue weighted by Crippen LogP contribution is 2.44. The van der Waals surface area contributed by atoms with Crippen LogP contribution in [0.4, 0.5) is 0 Å². The Balaban J connectivity index is 2.66. The highest BCUT2D eigenvalue weighted by atomic mass is 16.1. The topological polar surface area (TPSA) is 17.1 Å². The van der Waals surface area contributed by atoms with Crippen molar-refractivity contribution >= 4 is 5.78 Å². The van der Waals surface area contributed by atoms with Crippen molar-refractivity contribution in [1.82, 2.24) is 0 Å². The van der Waals surface area contributed by atoms with Crippen LogP contribution in [0.15, 0.2) is 0 Å².